The first kappa shape index (κ1) is 14.8. The molecule has 0 saturated carbocycles. The molecule has 0 aliphatic carbocycles. The van der Waals surface area contributed by atoms with Crippen LogP contribution in [0.5, 0.6) is 0 Å². The fraction of sp³-hybridized carbons (Fsp3) is 0. The van der Waals surface area contributed by atoms with Gasteiger partial charge in [0.15, 0.2) is 11.6 Å². The van der Waals surface area contributed by atoms with E-state index in [4.69, 9.17) is 5.73 Å². The highest BCUT2D eigenvalue weighted by atomic mass is 79.9. The van der Waals surface area contributed by atoms with Gasteiger partial charge in [-0.2, -0.15) is 0 Å². The van der Waals surface area contributed by atoms with Crippen LogP contribution in [0.15, 0.2) is 34.8 Å². The molecule has 0 fully saturated rings. The fourth-order valence-electron chi connectivity index (χ4n) is 1.57. The maximum atomic E-state index is 13.9. The minimum absolute atomic E-state index is 0.102. The molecule has 0 bridgehead atoms. The highest BCUT2D eigenvalue weighted by Gasteiger charge is 2.15. The molecule has 0 atom stereocenters. The summed E-state index contributed by atoms with van der Waals surface area (Å²) >= 11 is 7.74. The summed E-state index contributed by atoms with van der Waals surface area (Å²) in [5, 5.41) is 2.66. The molecule has 0 unspecified atom stereocenters. The number of nitrogens with one attached hydrogen (secondary N) is 1. The van der Waals surface area contributed by atoms with Gasteiger partial charge in [-0.3, -0.25) is 0 Å². The van der Waals surface area contributed by atoms with Gasteiger partial charge in [0, 0.05) is 10.0 Å². The van der Waals surface area contributed by atoms with E-state index in [1.165, 1.54) is 30.3 Å². The van der Waals surface area contributed by atoms with Gasteiger partial charge >= 0.3 is 0 Å². The second-order valence-corrected chi connectivity index (χ2v) is 5.20. The molecule has 0 aliphatic heterocycles. The van der Waals surface area contributed by atoms with Gasteiger partial charge in [-0.05, 0) is 46.3 Å². The number of halogens is 4. The summed E-state index contributed by atoms with van der Waals surface area (Å²) in [7, 11) is 0. The van der Waals surface area contributed by atoms with Gasteiger partial charge in [-0.1, -0.05) is 12.2 Å². The zero-order valence-corrected chi connectivity index (χ0v) is 12.3. The Morgan fingerprint density at radius 1 is 1.05 bits per heavy atom. The molecule has 0 amide bonds. The van der Waals surface area contributed by atoms with Crippen LogP contribution in [-0.4, -0.2) is 4.99 Å². The summed E-state index contributed by atoms with van der Waals surface area (Å²) in [4.78, 5) is -0.226. The van der Waals surface area contributed by atoms with Gasteiger partial charge in [0.1, 0.15) is 10.8 Å². The minimum atomic E-state index is -1.12. The number of thiocarbonyl (C=S) groups is 1. The van der Waals surface area contributed by atoms with E-state index < -0.39 is 17.5 Å². The Hall–Kier alpha value is -1.60. The van der Waals surface area contributed by atoms with Crippen molar-refractivity contribution in [3.05, 3.63) is 57.8 Å². The standard InChI is InChI=1S/C13H8BrF3N2S/c14-8-5-6(15)1-3-9(8)19-10-4-2-7(13(18)20)11(16)12(10)17/h1-5,19H,(H2,18,20). The maximum Gasteiger partial charge on any atom is 0.182 e. The Bertz CT molecular complexity index is 692. The number of hydrogen-bond acceptors (Lipinski definition) is 2. The van der Waals surface area contributed by atoms with E-state index in [-0.39, 0.29) is 16.2 Å². The Balaban J connectivity index is 2.39. The van der Waals surface area contributed by atoms with Crippen molar-refractivity contribution < 1.29 is 13.2 Å². The van der Waals surface area contributed by atoms with Gasteiger partial charge in [-0.25, -0.2) is 13.2 Å². The Morgan fingerprint density at radius 3 is 2.30 bits per heavy atom. The van der Waals surface area contributed by atoms with Crippen LogP contribution >= 0.6 is 28.1 Å². The zero-order chi connectivity index (χ0) is 14.9. The molecule has 2 nitrogen and oxygen atoms in total. The molecule has 104 valence electrons. The van der Waals surface area contributed by atoms with Gasteiger partial charge in [0.2, 0.25) is 0 Å². The fourth-order valence-corrected chi connectivity index (χ4v) is 2.18. The largest absolute Gasteiger partial charge is 0.389 e. The molecule has 3 N–H and O–H groups in total. The van der Waals surface area contributed by atoms with Crippen molar-refractivity contribution in [3.8, 4) is 0 Å². The summed E-state index contributed by atoms with van der Waals surface area (Å²) in [6.45, 7) is 0. The summed E-state index contributed by atoms with van der Waals surface area (Å²) < 4.78 is 40.9. The second-order valence-electron chi connectivity index (χ2n) is 3.90. The van der Waals surface area contributed by atoms with E-state index in [1.807, 2.05) is 0 Å². The Morgan fingerprint density at radius 2 is 1.70 bits per heavy atom. The monoisotopic (exact) mass is 360 g/mol. The predicted molar refractivity (Wildman–Crippen MR) is 79.6 cm³/mol. The van der Waals surface area contributed by atoms with Crippen molar-refractivity contribution >= 4 is 44.5 Å². The molecule has 0 aliphatic rings. The quantitative estimate of drug-likeness (QED) is 0.803. The van der Waals surface area contributed by atoms with Crippen molar-refractivity contribution in [1.82, 2.24) is 0 Å². The molecule has 0 heterocycles. The van der Waals surface area contributed by atoms with Crippen LogP contribution in [0.1, 0.15) is 5.56 Å². The molecule has 2 rings (SSSR count). The van der Waals surface area contributed by atoms with Crippen molar-refractivity contribution in [2.45, 2.75) is 0 Å². The lowest BCUT2D eigenvalue weighted by molar-refractivity contribution is 0.510. The lowest BCUT2D eigenvalue weighted by Crippen LogP contribution is -2.13. The van der Waals surface area contributed by atoms with Crippen LogP contribution in [0.2, 0.25) is 0 Å². The molecule has 2 aromatic rings. The van der Waals surface area contributed by atoms with Gasteiger partial charge in [0.25, 0.3) is 0 Å². The molecule has 0 spiro atoms. The van der Waals surface area contributed by atoms with E-state index in [9.17, 15) is 13.2 Å². The minimum Gasteiger partial charge on any atom is -0.389 e. The van der Waals surface area contributed by atoms with E-state index in [2.05, 4.69) is 33.5 Å². The SMILES string of the molecule is NC(=S)c1ccc(Nc2ccc(F)cc2Br)c(F)c1F. The van der Waals surface area contributed by atoms with Gasteiger partial charge < -0.3 is 11.1 Å². The molecule has 0 saturated heterocycles. The molecular formula is C13H8BrF3N2S. The Kier molecular flexibility index (Phi) is 4.29. The zero-order valence-electron chi connectivity index (χ0n) is 9.88. The van der Waals surface area contributed by atoms with E-state index in [0.717, 1.165) is 0 Å². The number of nitrogens with two attached hydrogens (primary N) is 1. The number of hydrogen-bond donors (Lipinski definition) is 2. The van der Waals surface area contributed by atoms with Gasteiger partial charge in [0.05, 0.1) is 11.4 Å². The summed E-state index contributed by atoms with van der Waals surface area (Å²) in [6.07, 6.45) is 0. The summed E-state index contributed by atoms with van der Waals surface area (Å²) in [5.41, 5.74) is 5.41. The molecular weight excluding hydrogens is 353 g/mol. The lowest BCUT2D eigenvalue weighted by atomic mass is 10.1. The van der Waals surface area contributed by atoms with Crippen molar-refractivity contribution in [2.75, 3.05) is 5.32 Å². The first-order valence-electron chi connectivity index (χ1n) is 5.40. The van der Waals surface area contributed by atoms with Crippen molar-refractivity contribution in [2.24, 2.45) is 5.73 Å². The van der Waals surface area contributed by atoms with Crippen molar-refractivity contribution in [1.29, 1.82) is 0 Å². The molecule has 0 radical (unpaired) electrons. The van der Waals surface area contributed by atoms with Crippen LogP contribution in [0.25, 0.3) is 0 Å². The third kappa shape index (κ3) is 2.94. The van der Waals surface area contributed by atoms with Crippen LogP contribution in [-0.2, 0) is 0 Å². The van der Waals surface area contributed by atoms with E-state index in [0.29, 0.717) is 10.2 Å². The third-order valence-electron chi connectivity index (χ3n) is 2.55. The molecule has 0 aromatic heterocycles. The van der Waals surface area contributed by atoms with E-state index in [1.54, 1.807) is 0 Å². The number of anilines is 2. The molecule has 7 heteroatoms. The number of rotatable bonds is 3. The van der Waals surface area contributed by atoms with Gasteiger partial charge in [-0.15, -0.1) is 0 Å². The third-order valence-corrected chi connectivity index (χ3v) is 3.42. The van der Waals surface area contributed by atoms with Crippen LogP contribution < -0.4 is 11.1 Å². The normalized spacial score (nSPS) is 10.4. The summed E-state index contributed by atoms with van der Waals surface area (Å²) in [6, 6.07) is 6.39. The molecule has 2 aromatic carbocycles. The van der Waals surface area contributed by atoms with Crippen LogP contribution in [0.4, 0.5) is 24.5 Å². The predicted octanol–water partition coefficient (Wildman–Crippen LogP) is 4.24. The van der Waals surface area contributed by atoms with Crippen LogP contribution in [0.3, 0.4) is 0 Å². The average molecular weight is 361 g/mol. The van der Waals surface area contributed by atoms with Crippen LogP contribution in [0, 0.1) is 17.5 Å². The smallest absolute Gasteiger partial charge is 0.182 e. The number of benzene rings is 2. The first-order chi connectivity index (χ1) is 9.40. The van der Waals surface area contributed by atoms with Crippen molar-refractivity contribution in [3.63, 3.8) is 0 Å². The topological polar surface area (TPSA) is 38.0 Å². The lowest BCUT2D eigenvalue weighted by Gasteiger charge is -2.11. The highest BCUT2D eigenvalue weighted by Crippen LogP contribution is 2.29. The second kappa shape index (κ2) is 5.80. The average Bonchev–Trinajstić information content (AvgIpc) is 2.37. The highest BCUT2D eigenvalue weighted by molar-refractivity contribution is 9.10. The maximum absolute atomic E-state index is 13.9. The summed E-state index contributed by atoms with van der Waals surface area (Å²) in [5.74, 6) is -2.68. The van der Waals surface area contributed by atoms with E-state index >= 15 is 0 Å². The Labute approximate surface area is 126 Å². The molecule has 20 heavy (non-hydrogen) atoms. The first-order valence-corrected chi connectivity index (χ1v) is 6.60.